The molecule has 20 heavy (non-hydrogen) atoms. The quantitative estimate of drug-likeness (QED) is 0.838. The van der Waals surface area contributed by atoms with Crippen LogP contribution in [0.2, 0.25) is 5.02 Å². The number of nitrogens with zero attached hydrogens (tertiary/aromatic N) is 4. The molecule has 0 N–H and O–H groups in total. The van der Waals surface area contributed by atoms with E-state index in [1.54, 1.807) is 0 Å². The summed E-state index contributed by atoms with van der Waals surface area (Å²) in [6, 6.07) is 0.162. The van der Waals surface area contributed by atoms with Crippen LogP contribution < -0.4 is 0 Å². The number of halogens is 1. The number of carbonyl (C=O) groups excluding carboxylic acids is 1. The van der Waals surface area contributed by atoms with Crippen LogP contribution in [0.1, 0.15) is 43.0 Å². The minimum Gasteiger partial charge on any atom is -0.332 e. The summed E-state index contributed by atoms with van der Waals surface area (Å²) in [4.78, 5) is 25.2. The second kappa shape index (κ2) is 6.06. The number of rotatable bonds is 2. The molecule has 2 heterocycles. The van der Waals surface area contributed by atoms with Crippen LogP contribution in [-0.2, 0) is 0 Å². The third-order valence-corrected chi connectivity index (χ3v) is 3.85. The normalized spacial score (nSPS) is 20.5. The van der Waals surface area contributed by atoms with Gasteiger partial charge in [0.15, 0.2) is 5.69 Å². The van der Waals surface area contributed by atoms with E-state index >= 15 is 0 Å². The number of carbonyl (C=O) groups is 1. The first-order valence-electron chi connectivity index (χ1n) is 6.92. The van der Waals surface area contributed by atoms with Gasteiger partial charge in [-0.2, -0.15) is 0 Å². The van der Waals surface area contributed by atoms with Crippen molar-refractivity contribution in [3.8, 4) is 0 Å². The SMILES string of the molecule is CC(C)c1ncc(Cl)c(C(=O)N2CCN(C)C[C@@H]2C)n1. The molecule has 0 aromatic carbocycles. The van der Waals surface area contributed by atoms with Crippen LogP contribution in [0.3, 0.4) is 0 Å². The van der Waals surface area contributed by atoms with Crippen molar-refractivity contribution >= 4 is 17.5 Å². The first-order chi connectivity index (χ1) is 9.40. The fraction of sp³-hybridized carbons (Fsp3) is 0.643. The summed E-state index contributed by atoms with van der Waals surface area (Å²) < 4.78 is 0. The standard InChI is InChI=1S/C14H21ClN4O/c1-9(2)13-16-7-11(15)12(17-13)14(20)19-6-5-18(4)8-10(19)3/h7,9-10H,5-6,8H2,1-4H3/t10-/m0/s1. The summed E-state index contributed by atoms with van der Waals surface area (Å²) in [6.45, 7) is 8.48. The Kier molecular flexibility index (Phi) is 4.60. The van der Waals surface area contributed by atoms with Crippen molar-refractivity contribution in [2.24, 2.45) is 0 Å². The predicted molar refractivity (Wildman–Crippen MR) is 79.1 cm³/mol. The molecule has 1 aliphatic heterocycles. The van der Waals surface area contributed by atoms with Crippen LogP contribution in [0.15, 0.2) is 6.20 Å². The monoisotopic (exact) mass is 296 g/mol. The number of piperazine rings is 1. The molecule has 0 radical (unpaired) electrons. The molecule has 1 saturated heterocycles. The van der Waals surface area contributed by atoms with Gasteiger partial charge in [-0.1, -0.05) is 25.4 Å². The van der Waals surface area contributed by atoms with Gasteiger partial charge >= 0.3 is 0 Å². The molecule has 2 rings (SSSR count). The maximum atomic E-state index is 12.6. The van der Waals surface area contributed by atoms with Gasteiger partial charge in [-0.25, -0.2) is 9.97 Å². The lowest BCUT2D eigenvalue weighted by molar-refractivity contribution is 0.0527. The molecule has 0 saturated carbocycles. The van der Waals surface area contributed by atoms with Crippen LogP contribution in [0.4, 0.5) is 0 Å². The van der Waals surface area contributed by atoms with Crippen LogP contribution in [0, 0.1) is 0 Å². The fourth-order valence-corrected chi connectivity index (χ4v) is 2.56. The summed E-state index contributed by atoms with van der Waals surface area (Å²) in [5.41, 5.74) is 0.321. The Morgan fingerprint density at radius 1 is 1.45 bits per heavy atom. The number of amides is 1. The zero-order chi connectivity index (χ0) is 14.9. The largest absolute Gasteiger partial charge is 0.332 e. The summed E-state index contributed by atoms with van der Waals surface area (Å²) in [6.07, 6.45) is 1.53. The lowest BCUT2D eigenvalue weighted by atomic mass is 10.1. The van der Waals surface area contributed by atoms with Gasteiger partial charge in [-0.3, -0.25) is 4.79 Å². The topological polar surface area (TPSA) is 49.3 Å². The minimum absolute atomic E-state index is 0.0973. The van der Waals surface area contributed by atoms with Gasteiger partial charge < -0.3 is 9.80 Å². The summed E-state index contributed by atoms with van der Waals surface area (Å²) in [5, 5.41) is 0.325. The van der Waals surface area contributed by atoms with Gasteiger partial charge in [0.1, 0.15) is 5.82 Å². The molecule has 1 atom stereocenters. The van der Waals surface area contributed by atoms with E-state index in [1.165, 1.54) is 6.20 Å². The Morgan fingerprint density at radius 3 is 2.75 bits per heavy atom. The van der Waals surface area contributed by atoms with Gasteiger partial charge in [0, 0.05) is 31.6 Å². The highest BCUT2D eigenvalue weighted by molar-refractivity contribution is 6.33. The van der Waals surface area contributed by atoms with Crippen molar-refractivity contribution in [1.82, 2.24) is 19.8 Å². The molecule has 0 bridgehead atoms. The highest BCUT2D eigenvalue weighted by Gasteiger charge is 2.29. The van der Waals surface area contributed by atoms with Crippen molar-refractivity contribution < 1.29 is 4.79 Å². The van der Waals surface area contributed by atoms with Crippen molar-refractivity contribution in [3.63, 3.8) is 0 Å². The van der Waals surface area contributed by atoms with E-state index in [9.17, 15) is 4.79 Å². The van der Waals surface area contributed by atoms with Gasteiger partial charge in [0.25, 0.3) is 5.91 Å². The van der Waals surface area contributed by atoms with Crippen molar-refractivity contribution in [3.05, 3.63) is 22.7 Å². The van der Waals surface area contributed by atoms with E-state index in [1.807, 2.05) is 25.7 Å². The van der Waals surface area contributed by atoms with E-state index in [4.69, 9.17) is 11.6 Å². The maximum absolute atomic E-state index is 12.6. The molecule has 5 nitrogen and oxygen atoms in total. The van der Waals surface area contributed by atoms with Gasteiger partial charge in [-0.05, 0) is 14.0 Å². The Labute approximate surface area is 124 Å². The second-order valence-electron chi connectivity index (χ2n) is 5.69. The van der Waals surface area contributed by atoms with Crippen molar-refractivity contribution in [2.75, 3.05) is 26.7 Å². The zero-order valence-electron chi connectivity index (χ0n) is 12.4. The first kappa shape index (κ1) is 15.2. The number of likely N-dealkylation sites (N-methyl/N-ethyl adjacent to an activating group) is 1. The fourth-order valence-electron chi connectivity index (χ4n) is 2.39. The molecule has 6 heteroatoms. The summed E-state index contributed by atoms with van der Waals surface area (Å²) >= 11 is 6.11. The van der Waals surface area contributed by atoms with E-state index in [2.05, 4.69) is 21.9 Å². The van der Waals surface area contributed by atoms with Crippen molar-refractivity contribution in [1.29, 1.82) is 0 Å². The van der Waals surface area contributed by atoms with Crippen LogP contribution in [0.5, 0.6) is 0 Å². The Bertz CT molecular complexity index is 506. The van der Waals surface area contributed by atoms with E-state index in [0.717, 1.165) is 13.1 Å². The third-order valence-electron chi connectivity index (χ3n) is 3.57. The van der Waals surface area contributed by atoms with Gasteiger partial charge in [-0.15, -0.1) is 0 Å². The number of aromatic nitrogens is 2. The molecule has 0 unspecified atom stereocenters. The smallest absolute Gasteiger partial charge is 0.274 e. The molecule has 0 spiro atoms. The van der Waals surface area contributed by atoms with Crippen LogP contribution >= 0.6 is 11.6 Å². The number of hydrogen-bond acceptors (Lipinski definition) is 4. The molecule has 110 valence electrons. The van der Waals surface area contributed by atoms with Gasteiger partial charge in [0.05, 0.1) is 11.2 Å². The molecular weight excluding hydrogens is 276 g/mol. The molecular formula is C14H21ClN4O. The van der Waals surface area contributed by atoms with Gasteiger partial charge in [0.2, 0.25) is 0 Å². The Hall–Kier alpha value is -1.20. The Balaban J connectivity index is 2.26. The average molecular weight is 297 g/mol. The van der Waals surface area contributed by atoms with E-state index in [0.29, 0.717) is 23.1 Å². The molecule has 1 fully saturated rings. The maximum Gasteiger partial charge on any atom is 0.274 e. The molecule has 1 aliphatic rings. The van der Waals surface area contributed by atoms with E-state index in [-0.39, 0.29) is 17.9 Å². The predicted octanol–water partition coefficient (Wildman–Crippen LogP) is 2.03. The van der Waals surface area contributed by atoms with E-state index < -0.39 is 0 Å². The highest BCUT2D eigenvalue weighted by Crippen LogP contribution is 2.20. The molecule has 1 aromatic rings. The molecule has 0 aliphatic carbocycles. The lowest BCUT2D eigenvalue weighted by Gasteiger charge is -2.38. The Morgan fingerprint density at radius 2 is 2.15 bits per heavy atom. The second-order valence-corrected chi connectivity index (χ2v) is 6.10. The third kappa shape index (κ3) is 3.10. The minimum atomic E-state index is -0.0973. The molecule has 1 amide bonds. The number of hydrogen-bond donors (Lipinski definition) is 0. The lowest BCUT2D eigenvalue weighted by Crippen LogP contribution is -2.53. The first-order valence-corrected chi connectivity index (χ1v) is 7.30. The highest BCUT2D eigenvalue weighted by atomic mass is 35.5. The summed E-state index contributed by atoms with van der Waals surface area (Å²) in [7, 11) is 2.06. The summed E-state index contributed by atoms with van der Waals surface area (Å²) in [5.74, 6) is 0.725. The average Bonchev–Trinajstić information content (AvgIpc) is 2.38. The molecule has 1 aromatic heterocycles. The van der Waals surface area contributed by atoms with Crippen LogP contribution in [-0.4, -0.2) is 58.4 Å². The zero-order valence-corrected chi connectivity index (χ0v) is 13.2. The van der Waals surface area contributed by atoms with Crippen molar-refractivity contribution in [2.45, 2.75) is 32.7 Å². The van der Waals surface area contributed by atoms with Crippen LogP contribution in [0.25, 0.3) is 0 Å².